The second-order valence-electron chi connectivity index (χ2n) is 10.4. The largest absolute Gasteiger partial charge is 0.221 e. The predicted molar refractivity (Wildman–Crippen MR) is 124 cm³/mol. The minimum atomic E-state index is 0.0780. The van der Waals surface area contributed by atoms with Crippen LogP contribution in [0.4, 0.5) is 0 Å². The number of hydrogen-bond donors (Lipinski definition) is 0. The molecule has 2 aliphatic rings. The molecule has 0 saturated heterocycles. The Hall–Kier alpha value is -1.89. The maximum atomic E-state index is 2.64. The van der Waals surface area contributed by atoms with E-state index in [0.717, 1.165) is 12.8 Å². The Bertz CT molecular complexity index is 1100. The second-order valence-corrected chi connectivity index (χ2v) is 10.4. The first kappa shape index (κ1) is 19.1. The summed E-state index contributed by atoms with van der Waals surface area (Å²) in [7, 11) is 0. The van der Waals surface area contributed by atoms with E-state index in [-0.39, 0.29) is 11.0 Å². The highest BCUT2D eigenvalue weighted by atomic mass is 15.1. The normalized spacial score (nSPS) is 28.3. The van der Waals surface area contributed by atoms with Crippen LogP contribution < -0.4 is 4.57 Å². The lowest BCUT2D eigenvalue weighted by molar-refractivity contribution is -0.750. The zero-order valence-electron chi connectivity index (χ0n) is 18.9. The number of rotatable bonds is 3. The minimum absolute atomic E-state index is 0.0780. The first-order valence-electron chi connectivity index (χ1n) is 11.8. The summed E-state index contributed by atoms with van der Waals surface area (Å²) >= 11 is 0. The van der Waals surface area contributed by atoms with Crippen molar-refractivity contribution in [1.29, 1.82) is 0 Å². The molecule has 1 fully saturated rings. The summed E-state index contributed by atoms with van der Waals surface area (Å²) < 4.78 is 2.61. The van der Waals surface area contributed by atoms with Crippen molar-refractivity contribution in [3.63, 3.8) is 0 Å². The lowest BCUT2D eigenvalue weighted by Crippen LogP contribution is -2.66. The van der Waals surface area contributed by atoms with E-state index >= 15 is 0 Å². The van der Waals surface area contributed by atoms with E-state index in [1.807, 2.05) is 0 Å². The van der Waals surface area contributed by atoms with Crippen molar-refractivity contribution < 1.29 is 4.57 Å². The van der Waals surface area contributed by atoms with Crippen LogP contribution in [0.3, 0.4) is 0 Å². The summed E-state index contributed by atoms with van der Waals surface area (Å²) in [5, 5.41) is 4.31. The Morgan fingerprint density at radius 1 is 0.862 bits per heavy atom. The smallest absolute Gasteiger partial charge is 0.192 e. The summed E-state index contributed by atoms with van der Waals surface area (Å²) in [4.78, 5) is 0. The molecule has 2 atom stereocenters. The summed E-state index contributed by atoms with van der Waals surface area (Å²) in [6.45, 7) is 12.3. The van der Waals surface area contributed by atoms with Gasteiger partial charge in [0.1, 0.15) is 0 Å². The third-order valence-electron chi connectivity index (χ3n) is 9.24. The van der Waals surface area contributed by atoms with Gasteiger partial charge in [0.05, 0.1) is 10.8 Å². The molecule has 1 saturated carbocycles. The molecule has 3 aromatic rings. The zero-order valence-corrected chi connectivity index (χ0v) is 18.9. The molecule has 1 aliphatic heterocycles. The molecule has 1 aromatic heterocycles. The van der Waals surface area contributed by atoms with Gasteiger partial charge in [-0.15, -0.1) is 0 Å². The molecular formula is C28H36N+. The van der Waals surface area contributed by atoms with E-state index in [2.05, 4.69) is 81.8 Å². The lowest BCUT2D eigenvalue weighted by Gasteiger charge is -2.46. The van der Waals surface area contributed by atoms with Crippen molar-refractivity contribution in [2.75, 3.05) is 0 Å². The highest BCUT2D eigenvalue weighted by Gasteiger charge is 2.55. The molecule has 1 nitrogen and oxygen atoms in total. The average molecular weight is 387 g/mol. The number of aromatic nitrogens is 1. The Labute approximate surface area is 176 Å². The van der Waals surface area contributed by atoms with Gasteiger partial charge in [0.2, 0.25) is 5.52 Å². The van der Waals surface area contributed by atoms with E-state index in [1.165, 1.54) is 53.8 Å². The molecule has 2 aromatic carbocycles. The summed E-state index contributed by atoms with van der Waals surface area (Å²) in [5.74, 6) is 0. The summed E-state index contributed by atoms with van der Waals surface area (Å²) in [6.07, 6.45) is 11.4. The average Bonchev–Trinajstić information content (AvgIpc) is 2.76. The fourth-order valence-corrected chi connectivity index (χ4v) is 6.67. The molecular weight excluding hydrogens is 350 g/mol. The first-order valence-corrected chi connectivity index (χ1v) is 11.8. The maximum absolute atomic E-state index is 2.64. The molecule has 0 bridgehead atoms. The standard InChI is InChI=1S/C28H36N/c1-6-27(4)23-19-22(26(3)15-9-8-10-16-26)18-21-14-13-20-12-11-17-29(25(20)24(21)23)28(27,5)7-2/h11-14,17-19H,6-10,15-16H2,1-5H3/q+1. The van der Waals surface area contributed by atoms with E-state index < -0.39 is 0 Å². The van der Waals surface area contributed by atoms with Crippen LogP contribution in [0.1, 0.15) is 90.7 Å². The van der Waals surface area contributed by atoms with Crippen molar-refractivity contribution in [3.05, 3.63) is 53.7 Å². The fraction of sp³-hybridized carbons (Fsp3) is 0.536. The van der Waals surface area contributed by atoms with Gasteiger partial charge in [0.15, 0.2) is 11.7 Å². The Kier molecular flexibility index (Phi) is 4.15. The van der Waals surface area contributed by atoms with E-state index in [0.29, 0.717) is 5.41 Å². The molecule has 29 heavy (non-hydrogen) atoms. The van der Waals surface area contributed by atoms with Crippen molar-refractivity contribution in [2.24, 2.45) is 0 Å². The van der Waals surface area contributed by atoms with Gasteiger partial charge in [-0.1, -0.05) is 58.2 Å². The Morgan fingerprint density at radius 2 is 1.59 bits per heavy atom. The first-order chi connectivity index (χ1) is 13.9. The van der Waals surface area contributed by atoms with Crippen LogP contribution >= 0.6 is 0 Å². The van der Waals surface area contributed by atoms with Crippen LogP contribution in [-0.4, -0.2) is 0 Å². The van der Waals surface area contributed by atoms with Gasteiger partial charge in [-0.3, -0.25) is 0 Å². The molecule has 2 heterocycles. The molecule has 0 radical (unpaired) electrons. The number of nitrogens with zero attached hydrogens (tertiary/aromatic N) is 1. The number of hydrogen-bond acceptors (Lipinski definition) is 0. The number of benzene rings is 2. The van der Waals surface area contributed by atoms with Gasteiger partial charge in [0.25, 0.3) is 0 Å². The lowest BCUT2D eigenvalue weighted by atomic mass is 9.60. The van der Waals surface area contributed by atoms with Crippen molar-refractivity contribution >= 4 is 21.7 Å². The van der Waals surface area contributed by atoms with Gasteiger partial charge >= 0.3 is 0 Å². The van der Waals surface area contributed by atoms with Crippen molar-refractivity contribution in [1.82, 2.24) is 0 Å². The van der Waals surface area contributed by atoms with Crippen LogP contribution in [0.15, 0.2) is 42.6 Å². The Morgan fingerprint density at radius 3 is 2.28 bits per heavy atom. The third kappa shape index (κ3) is 2.36. The van der Waals surface area contributed by atoms with Gasteiger partial charge in [-0.25, -0.2) is 0 Å². The zero-order chi connectivity index (χ0) is 20.4. The third-order valence-corrected chi connectivity index (χ3v) is 9.24. The van der Waals surface area contributed by atoms with Gasteiger partial charge < -0.3 is 0 Å². The fourth-order valence-electron chi connectivity index (χ4n) is 6.67. The Balaban J connectivity index is 1.93. The monoisotopic (exact) mass is 386 g/mol. The SMILES string of the molecule is CCC1(C)c2cc(C3(C)CCCCC3)cc3ccc4ccc[n+](c4c23)C1(C)CC. The summed E-state index contributed by atoms with van der Waals surface area (Å²) in [5.41, 5.74) is 5.15. The van der Waals surface area contributed by atoms with Crippen LogP contribution in [0, 0.1) is 0 Å². The molecule has 1 aliphatic carbocycles. The van der Waals surface area contributed by atoms with Crippen molar-refractivity contribution in [2.45, 2.75) is 95.9 Å². The molecule has 152 valence electrons. The molecule has 1 heteroatoms. The van der Waals surface area contributed by atoms with Crippen molar-refractivity contribution in [3.8, 4) is 0 Å². The van der Waals surface area contributed by atoms with Crippen LogP contribution in [0.2, 0.25) is 0 Å². The quantitative estimate of drug-likeness (QED) is 0.328. The molecule has 2 unspecified atom stereocenters. The van der Waals surface area contributed by atoms with E-state index in [9.17, 15) is 0 Å². The second kappa shape index (κ2) is 6.30. The van der Waals surface area contributed by atoms with Crippen LogP contribution in [0.25, 0.3) is 21.7 Å². The van der Waals surface area contributed by atoms with E-state index in [4.69, 9.17) is 0 Å². The summed E-state index contributed by atoms with van der Waals surface area (Å²) in [6, 6.07) is 14.4. The molecule has 0 N–H and O–H groups in total. The van der Waals surface area contributed by atoms with Gasteiger partial charge in [-0.05, 0) is 60.2 Å². The highest BCUT2D eigenvalue weighted by Crippen LogP contribution is 2.51. The van der Waals surface area contributed by atoms with Crippen LogP contribution in [-0.2, 0) is 16.4 Å². The number of pyridine rings is 1. The van der Waals surface area contributed by atoms with E-state index in [1.54, 1.807) is 11.1 Å². The molecule has 5 rings (SSSR count). The topological polar surface area (TPSA) is 3.88 Å². The van der Waals surface area contributed by atoms with Crippen LogP contribution in [0.5, 0.6) is 0 Å². The molecule has 0 spiro atoms. The minimum Gasteiger partial charge on any atom is -0.192 e. The maximum Gasteiger partial charge on any atom is 0.221 e. The van der Waals surface area contributed by atoms with Gasteiger partial charge in [0, 0.05) is 24.8 Å². The predicted octanol–water partition coefficient (Wildman–Crippen LogP) is 7.31. The van der Waals surface area contributed by atoms with Gasteiger partial charge in [-0.2, -0.15) is 4.57 Å². The molecule has 0 amide bonds. The highest BCUT2D eigenvalue weighted by molar-refractivity contribution is 6.06.